The Labute approximate surface area is 204 Å². The van der Waals surface area contributed by atoms with Gasteiger partial charge in [0, 0.05) is 21.9 Å². The molecule has 178 valence electrons. The number of carbonyl (C=O) groups excluding carboxylic acids is 3. The van der Waals surface area contributed by atoms with Gasteiger partial charge in [0.15, 0.2) is 5.76 Å². The summed E-state index contributed by atoms with van der Waals surface area (Å²) in [5.74, 6) is -0.650. The Kier molecular flexibility index (Phi) is 7.08. The highest BCUT2D eigenvalue weighted by molar-refractivity contribution is 6.30. The van der Waals surface area contributed by atoms with Crippen LogP contribution in [0.5, 0.6) is 0 Å². The third kappa shape index (κ3) is 4.73. The molecule has 1 heterocycles. The summed E-state index contributed by atoms with van der Waals surface area (Å²) in [6.07, 6.45) is 3.65. The summed E-state index contributed by atoms with van der Waals surface area (Å²) in [6.45, 7) is 1.64. The number of Topliss-reactive ketones (excluding diaryl/α,β-unsaturated/α-hetero) is 1. The van der Waals surface area contributed by atoms with Crippen LogP contribution in [0.1, 0.15) is 49.8 Å². The number of carbonyl (C=O) groups is 3. The quantitative estimate of drug-likeness (QED) is 0.581. The van der Waals surface area contributed by atoms with Crippen LogP contribution in [0.3, 0.4) is 0 Å². The van der Waals surface area contributed by atoms with Crippen LogP contribution in [-0.2, 0) is 29.3 Å². The molecule has 1 aliphatic heterocycles. The van der Waals surface area contributed by atoms with Crippen molar-refractivity contribution in [2.75, 3.05) is 7.11 Å². The van der Waals surface area contributed by atoms with E-state index in [0.29, 0.717) is 10.6 Å². The van der Waals surface area contributed by atoms with Gasteiger partial charge in [-0.2, -0.15) is 0 Å². The molecule has 0 saturated heterocycles. The maximum Gasteiger partial charge on any atom is 0.351 e. The van der Waals surface area contributed by atoms with E-state index in [0.717, 1.165) is 31.2 Å². The molecule has 2 aliphatic rings. The molecule has 2 aromatic rings. The number of hydrogen-bond donors (Lipinski definition) is 1. The Morgan fingerprint density at radius 1 is 1.06 bits per heavy atom. The molecule has 0 bridgehead atoms. The smallest absolute Gasteiger partial charge is 0.351 e. The van der Waals surface area contributed by atoms with Gasteiger partial charge in [-0.1, -0.05) is 54.1 Å². The van der Waals surface area contributed by atoms with E-state index < -0.39 is 17.5 Å². The van der Waals surface area contributed by atoms with Crippen LogP contribution in [0.4, 0.5) is 0 Å². The summed E-state index contributed by atoms with van der Waals surface area (Å²) in [5, 5.41) is 3.69. The van der Waals surface area contributed by atoms with Crippen molar-refractivity contribution < 1.29 is 23.9 Å². The number of benzene rings is 2. The zero-order valence-electron chi connectivity index (χ0n) is 19.3. The SMILES string of the molecule is COC(=O)[C@H](OC1=C[C@H](C2(c3ccc(Cl)cc3)CCC(C(C)=O)CC2)NC1=O)c1ccccc1. The first-order valence-corrected chi connectivity index (χ1v) is 11.8. The third-order valence-electron chi connectivity index (χ3n) is 7.06. The summed E-state index contributed by atoms with van der Waals surface area (Å²) in [5.41, 5.74) is 1.24. The molecule has 2 aromatic carbocycles. The topological polar surface area (TPSA) is 81.7 Å². The van der Waals surface area contributed by atoms with Crippen molar-refractivity contribution in [2.45, 2.75) is 50.2 Å². The first kappa shape index (κ1) is 24.0. The molecule has 2 atom stereocenters. The number of methoxy groups -OCH3 is 1. The molecule has 1 amide bonds. The van der Waals surface area contributed by atoms with Gasteiger partial charge in [0.1, 0.15) is 5.78 Å². The van der Waals surface area contributed by atoms with Crippen LogP contribution < -0.4 is 5.32 Å². The van der Waals surface area contributed by atoms with E-state index in [4.69, 9.17) is 21.1 Å². The highest BCUT2D eigenvalue weighted by Crippen LogP contribution is 2.46. The summed E-state index contributed by atoms with van der Waals surface area (Å²) in [7, 11) is 1.29. The van der Waals surface area contributed by atoms with Gasteiger partial charge >= 0.3 is 5.97 Å². The second-order valence-corrected chi connectivity index (χ2v) is 9.40. The fourth-order valence-corrected chi connectivity index (χ4v) is 5.21. The zero-order valence-corrected chi connectivity index (χ0v) is 20.0. The van der Waals surface area contributed by atoms with Crippen LogP contribution in [0.15, 0.2) is 66.4 Å². The second-order valence-electron chi connectivity index (χ2n) is 8.96. The Balaban J connectivity index is 1.66. The highest BCUT2D eigenvalue weighted by atomic mass is 35.5. The van der Waals surface area contributed by atoms with E-state index in [1.54, 1.807) is 37.3 Å². The average molecular weight is 482 g/mol. The molecule has 0 spiro atoms. The van der Waals surface area contributed by atoms with E-state index in [-0.39, 0.29) is 29.4 Å². The van der Waals surface area contributed by atoms with Crippen molar-refractivity contribution in [3.63, 3.8) is 0 Å². The van der Waals surface area contributed by atoms with Gasteiger partial charge in [0.05, 0.1) is 13.2 Å². The largest absolute Gasteiger partial charge is 0.468 e. The Bertz CT molecular complexity index is 1090. The molecule has 34 heavy (non-hydrogen) atoms. The summed E-state index contributed by atoms with van der Waals surface area (Å²) in [4.78, 5) is 37.4. The van der Waals surface area contributed by atoms with Crippen molar-refractivity contribution in [3.05, 3.63) is 82.6 Å². The Morgan fingerprint density at radius 3 is 2.29 bits per heavy atom. The number of ketones is 1. The van der Waals surface area contributed by atoms with Gasteiger partial charge in [-0.3, -0.25) is 9.59 Å². The van der Waals surface area contributed by atoms with Crippen LogP contribution in [0.25, 0.3) is 0 Å². The normalized spacial score (nSPS) is 25.1. The monoisotopic (exact) mass is 481 g/mol. The number of rotatable bonds is 7. The lowest BCUT2D eigenvalue weighted by Crippen LogP contribution is -2.49. The second kappa shape index (κ2) is 10.0. The number of hydrogen-bond acceptors (Lipinski definition) is 5. The van der Waals surface area contributed by atoms with Crippen LogP contribution in [0, 0.1) is 5.92 Å². The lowest BCUT2D eigenvalue weighted by Gasteiger charge is -2.43. The van der Waals surface area contributed by atoms with E-state index in [9.17, 15) is 14.4 Å². The minimum absolute atomic E-state index is 0.0269. The van der Waals surface area contributed by atoms with Crippen molar-refractivity contribution in [3.8, 4) is 0 Å². The number of ether oxygens (including phenoxy) is 2. The molecule has 1 saturated carbocycles. The molecule has 4 rings (SSSR count). The number of amides is 1. The zero-order chi connectivity index (χ0) is 24.3. The van der Waals surface area contributed by atoms with Crippen molar-refractivity contribution >= 4 is 29.3 Å². The van der Waals surface area contributed by atoms with Gasteiger partial charge in [0.2, 0.25) is 6.10 Å². The molecule has 1 N–H and O–H groups in total. The predicted molar refractivity (Wildman–Crippen MR) is 128 cm³/mol. The van der Waals surface area contributed by atoms with Gasteiger partial charge < -0.3 is 14.8 Å². The van der Waals surface area contributed by atoms with Crippen LogP contribution in [-0.4, -0.2) is 30.8 Å². The molecular weight excluding hydrogens is 454 g/mol. The molecule has 0 radical (unpaired) electrons. The molecule has 6 nitrogen and oxygen atoms in total. The average Bonchev–Trinajstić information content (AvgIpc) is 3.23. The minimum atomic E-state index is -1.05. The molecule has 1 fully saturated rings. The summed E-state index contributed by atoms with van der Waals surface area (Å²) in [6, 6.07) is 16.2. The van der Waals surface area contributed by atoms with Crippen molar-refractivity contribution in [1.82, 2.24) is 5.32 Å². The Morgan fingerprint density at radius 2 is 1.71 bits per heavy atom. The van der Waals surface area contributed by atoms with Crippen molar-refractivity contribution in [2.24, 2.45) is 5.92 Å². The fourth-order valence-electron chi connectivity index (χ4n) is 5.09. The van der Waals surface area contributed by atoms with Gasteiger partial charge in [-0.25, -0.2) is 4.79 Å². The van der Waals surface area contributed by atoms with Gasteiger partial charge in [-0.15, -0.1) is 0 Å². The first-order valence-electron chi connectivity index (χ1n) is 11.4. The number of esters is 1. The lowest BCUT2D eigenvalue weighted by atomic mass is 9.62. The van der Waals surface area contributed by atoms with E-state index in [1.165, 1.54) is 7.11 Å². The summed E-state index contributed by atoms with van der Waals surface area (Å²) < 4.78 is 10.9. The maximum atomic E-state index is 13.0. The molecule has 0 unspecified atom stereocenters. The molecule has 7 heteroatoms. The fraction of sp³-hybridized carbons (Fsp3) is 0.370. The van der Waals surface area contributed by atoms with Crippen LogP contribution >= 0.6 is 11.6 Å². The van der Waals surface area contributed by atoms with Crippen molar-refractivity contribution in [1.29, 1.82) is 0 Å². The third-order valence-corrected chi connectivity index (χ3v) is 7.31. The highest BCUT2D eigenvalue weighted by Gasteiger charge is 2.47. The van der Waals surface area contributed by atoms with E-state index in [1.807, 2.05) is 30.3 Å². The minimum Gasteiger partial charge on any atom is -0.468 e. The molecular formula is C27H28ClNO5. The number of halogens is 1. The molecule has 1 aliphatic carbocycles. The van der Waals surface area contributed by atoms with Crippen LogP contribution in [0.2, 0.25) is 5.02 Å². The maximum absolute atomic E-state index is 13.0. The lowest BCUT2D eigenvalue weighted by molar-refractivity contribution is -0.152. The van der Waals surface area contributed by atoms with Gasteiger partial charge in [-0.05, 0) is 56.4 Å². The standard InChI is InChI=1S/C27H28ClNO5/c1-17(30)18-12-14-27(15-13-18,20-8-10-21(28)11-9-20)23-16-22(25(31)29-23)34-24(26(32)33-2)19-6-4-3-5-7-19/h3-11,16,18,23-24H,12-15H2,1-2H3,(H,29,31)/t18?,23-,24-,27?/m1/s1. The van der Waals surface area contributed by atoms with E-state index in [2.05, 4.69) is 5.32 Å². The first-order chi connectivity index (χ1) is 16.3. The number of nitrogens with one attached hydrogen (secondary N) is 1. The van der Waals surface area contributed by atoms with Gasteiger partial charge in [0.25, 0.3) is 5.91 Å². The Hall–Kier alpha value is -3.12. The molecule has 0 aromatic heterocycles. The predicted octanol–water partition coefficient (Wildman–Crippen LogP) is 4.67. The summed E-state index contributed by atoms with van der Waals surface area (Å²) >= 11 is 6.14. The van der Waals surface area contributed by atoms with E-state index >= 15 is 0 Å².